The fourth-order valence-electron chi connectivity index (χ4n) is 1.59. The van der Waals surface area contributed by atoms with Gasteiger partial charge in [-0.3, -0.25) is 15.0 Å². The summed E-state index contributed by atoms with van der Waals surface area (Å²) in [5.41, 5.74) is 7.17. The third-order valence-electron chi connectivity index (χ3n) is 2.64. The first-order valence-electron chi connectivity index (χ1n) is 5.62. The summed E-state index contributed by atoms with van der Waals surface area (Å²) in [7, 11) is 0. The van der Waals surface area contributed by atoms with Crippen LogP contribution in [0.2, 0.25) is 0 Å². The van der Waals surface area contributed by atoms with Crippen molar-refractivity contribution < 1.29 is 4.79 Å². The number of aromatic nitrogens is 5. The predicted octanol–water partition coefficient (Wildman–Crippen LogP) is 0.163. The zero-order chi connectivity index (χ0) is 13.1. The minimum Gasteiger partial charge on any atom is -0.395 e. The highest BCUT2D eigenvalue weighted by Gasteiger charge is 2.19. The van der Waals surface area contributed by atoms with E-state index in [0.717, 1.165) is 5.69 Å². The number of nitrogens with one attached hydrogen (secondary N) is 3. The number of carbonyl (C=O) groups is 1. The number of rotatable bonds is 4. The average molecular weight is 249 g/mol. The molecular weight excluding hydrogens is 234 g/mol. The molecule has 0 fully saturated rings. The molecule has 0 spiro atoms. The number of amides is 1. The second-order valence-corrected chi connectivity index (χ2v) is 3.88. The molecule has 0 radical (unpaired) electrons. The van der Waals surface area contributed by atoms with Gasteiger partial charge in [0.15, 0.2) is 5.69 Å². The lowest BCUT2D eigenvalue weighted by Gasteiger charge is -2.09. The maximum absolute atomic E-state index is 12.0. The van der Waals surface area contributed by atoms with Gasteiger partial charge in [0.1, 0.15) is 12.2 Å². The highest BCUT2D eigenvalue weighted by atomic mass is 16.2. The zero-order valence-corrected chi connectivity index (χ0v) is 10.2. The second kappa shape index (κ2) is 4.86. The predicted molar refractivity (Wildman–Crippen MR) is 64.6 cm³/mol. The quantitative estimate of drug-likeness (QED) is 0.614. The summed E-state index contributed by atoms with van der Waals surface area (Å²) in [6, 6.07) is -0.291. The summed E-state index contributed by atoms with van der Waals surface area (Å²) < 4.78 is 0. The van der Waals surface area contributed by atoms with Crippen molar-refractivity contribution in [2.75, 3.05) is 5.73 Å². The lowest BCUT2D eigenvalue weighted by Crippen LogP contribution is -2.28. The van der Waals surface area contributed by atoms with Gasteiger partial charge in [0.05, 0.1) is 17.4 Å². The molecule has 2 aromatic rings. The van der Waals surface area contributed by atoms with Gasteiger partial charge in [-0.25, -0.2) is 4.98 Å². The molecule has 0 aliphatic rings. The molecule has 0 saturated heterocycles. The Hall–Kier alpha value is -2.38. The van der Waals surface area contributed by atoms with Gasteiger partial charge < -0.3 is 11.1 Å². The lowest BCUT2D eigenvalue weighted by molar-refractivity contribution is 0.0934. The third kappa shape index (κ3) is 2.17. The Morgan fingerprint density at radius 1 is 1.56 bits per heavy atom. The van der Waals surface area contributed by atoms with Crippen molar-refractivity contribution in [3.05, 3.63) is 23.5 Å². The summed E-state index contributed by atoms with van der Waals surface area (Å²) in [5.74, 6) is 0.237. The average Bonchev–Trinajstić information content (AvgIpc) is 2.97. The van der Waals surface area contributed by atoms with Gasteiger partial charge in [-0.05, 0) is 13.3 Å². The van der Waals surface area contributed by atoms with Crippen LogP contribution in [0.15, 0.2) is 6.33 Å². The van der Waals surface area contributed by atoms with Crippen molar-refractivity contribution in [3.8, 4) is 0 Å². The Balaban J connectivity index is 2.10. The van der Waals surface area contributed by atoms with Crippen LogP contribution in [-0.2, 0) is 6.42 Å². The van der Waals surface area contributed by atoms with Crippen LogP contribution >= 0.6 is 0 Å². The molecule has 0 aromatic carbocycles. The SMILES string of the molecule is CCc1[nH]nc(C(=O)NC(C)c2ncn[nH]2)c1N. The van der Waals surface area contributed by atoms with Gasteiger partial charge in [0.2, 0.25) is 0 Å². The van der Waals surface area contributed by atoms with Crippen LogP contribution in [0.25, 0.3) is 0 Å². The first kappa shape index (κ1) is 12.1. The fourth-order valence-corrected chi connectivity index (χ4v) is 1.59. The minimum absolute atomic E-state index is 0.207. The van der Waals surface area contributed by atoms with E-state index in [4.69, 9.17) is 5.73 Å². The monoisotopic (exact) mass is 249 g/mol. The van der Waals surface area contributed by atoms with E-state index in [2.05, 4.69) is 30.7 Å². The molecule has 2 aromatic heterocycles. The highest BCUT2D eigenvalue weighted by Crippen LogP contribution is 2.15. The number of carbonyl (C=O) groups excluding carboxylic acids is 1. The van der Waals surface area contributed by atoms with Crippen LogP contribution in [0.5, 0.6) is 0 Å². The Morgan fingerprint density at radius 3 is 2.89 bits per heavy atom. The molecule has 8 nitrogen and oxygen atoms in total. The summed E-state index contributed by atoms with van der Waals surface area (Å²) >= 11 is 0. The Labute approximate surface area is 103 Å². The third-order valence-corrected chi connectivity index (χ3v) is 2.64. The summed E-state index contributed by atoms with van der Waals surface area (Å²) in [6.07, 6.45) is 2.08. The van der Waals surface area contributed by atoms with Crippen LogP contribution in [0.3, 0.4) is 0 Å². The number of nitrogens with two attached hydrogens (primary N) is 1. The maximum Gasteiger partial charge on any atom is 0.274 e. The Kier molecular flexibility index (Phi) is 3.26. The number of hydrogen-bond donors (Lipinski definition) is 4. The largest absolute Gasteiger partial charge is 0.395 e. The van der Waals surface area contributed by atoms with Crippen molar-refractivity contribution in [3.63, 3.8) is 0 Å². The Morgan fingerprint density at radius 2 is 2.33 bits per heavy atom. The van der Waals surface area contributed by atoms with Crippen molar-refractivity contribution in [1.82, 2.24) is 30.7 Å². The molecule has 5 N–H and O–H groups in total. The number of aromatic amines is 2. The maximum atomic E-state index is 12.0. The highest BCUT2D eigenvalue weighted by molar-refractivity contribution is 5.97. The normalized spacial score (nSPS) is 12.3. The molecule has 0 aliphatic carbocycles. The first-order valence-corrected chi connectivity index (χ1v) is 5.62. The molecule has 0 bridgehead atoms. The van der Waals surface area contributed by atoms with Gasteiger partial charge in [0, 0.05) is 0 Å². The molecule has 2 rings (SSSR count). The van der Waals surface area contributed by atoms with Gasteiger partial charge in [-0.1, -0.05) is 6.92 Å². The lowest BCUT2D eigenvalue weighted by atomic mass is 10.2. The number of nitrogen functional groups attached to an aromatic ring is 1. The fraction of sp³-hybridized carbons (Fsp3) is 0.400. The van der Waals surface area contributed by atoms with E-state index in [1.807, 2.05) is 6.92 Å². The van der Waals surface area contributed by atoms with E-state index in [1.165, 1.54) is 6.33 Å². The number of nitrogens with zero attached hydrogens (tertiary/aromatic N) is 3. The molecule has 96 valence electrons. The van der Waals surface area contributed by atoms with Crippen molar-refractivity contribution in [2.45, 2.75) is 26.3 Å². The van der Waals surface area contributed by atoms with Crippen LogP contribution < -0.4 is 11.1 Å². The van der Waals surface area contributed by atoms with Crippen LogP contribution in [0, 0.1) is 0 Å². The number of aryl methyl sites for hydroxylation is 1. The summed E-state index contributed by atoms with van der Waals surface area (Å²) in [4.78, 5) is 15.9. The van der Waals surface area contributed by atoms with Gasteiger partial charge in [-0.15, -0.1) is 0 Å². The van der Waals surface area contributed by atoms with Crippen molar-refractivity contribution in [1.29, 1.82) is 0 Å². The molecule has 0 saturated carbocycles. The topological polar surface area (TPSA) is 125 Å². The standard InChI is InChI=1S/C10H15N7O/c1-3-6-7(11)8(16-15-6)10(18)14-5(2)9-12-4-13-17-9/h4-5H,3,11H2,1-2H3,(H,14,18)(H,15,16)(H,12,13,17). The minimum atomic E-state index is -0.340. The van der Waals surface area contributed by atoms with Gasteiger partial charge in [0.25, 0.3) is 5.91 Å². The second-order valence-electron chi connectivity index (χ2n) is 3.88. The van der Waals surface area contributed by atoms with Crippen molar-refractivity contribution in [2.24, 2.45) is 0 Å². The van der Waals surface area contributed by atoms with E-state index < -0.39 is 0 Å². The van der Waals surface area contributed by atoms with E-state index in [9.17, 15) is 4.79 Å². The van der Waals surface area contributed by atoms with Gasteiger partial charge in [-0.2, -0.15) is 10.2 Å². The molecule has 1 unspecified atom stereocenters. The summed E-state index contributed by atoms with van der Waals surface area (Å²) in [6.45, 7) is 3.73. The van der Waals surface area contributed by atoms with E-state index in [0.29, 0.717) is 17.9 Å². The molecule has 8 heteroatoms. The van der Waals surface area contributed by atoms with E-state index in [1.54, 1.807) is 6.92 Å². The smallest absolute Gasteiger partial charge is 0.274 e. The van der Waals surface area contributed by atoms with Crippen LogP contribution in [0.1, 0.15) is 41.9 Å². The summed E-state index contributed by atoms with van der Waals surface area (Å²) in [5, 5.41) is 15.8. The van der Waals surface area contributed by atoms with E-state index >= 15 is 0 Å². The zero-order valence-electron chi connectivity index (χ0n) is 10.2. The number of anilines is 1. The molecule has 1 atom stereocenters. The molecule has 0 aliphatic heterocycles. The molecule has 18 heavy (non-hydrogen) atoms. The number of H-pyrrole nitrogens is 2. The van der Waals surface area contributed by atoms with E-state index in [-0.39, 0.29) is 17.6 Å². The van der Waals surface area contributed by atoms with Crippen molar-refractivity contribution >= 4 is 11.6 Å². The van der Waals surface area contributed by atoms with Crippen LogP contribution in [0.4, 0.5) is 5.69 Å². The van der Waals surface area contributed by atoms with Crippen LogP contribution in [-0.4, -0.2) is 31.3 Å². The number of hydrogen-bond acceptors (Lipinski definition) is 5. The van der Waals surface area contributed by atoms with Gasteiger partial charge >= 0.3 is 0 Å². The Bertz CT molecular complexity index is 530. The molecule has 1 amide bonds. The molecular formula is C10H15N7O. The molecule has 2 heterocycles. The first-order chi connectivity index (χ1) is 8.63.